The van der Waals surface area contributed by atoms with Gasteiger partial charge in [-0.25, -0.2) is 4.79 Å². The molecule has 9 nitrogen and oxygen atoms in total. The number of hydrogen-bond acceptors (Lipinski definition) is 6. The Morgan fingerprint density at radius 1 is 1.10 bits per heavy atom. The molecule has 3 aliphatic carbocycles. The van der Waals surface area contributed by atoms with Crippen LogP contribution in [0.3, 0.4) is 0 Å². The van der Waals surface area contributed by atoms with Crippen LogP contribution in [0.5, 0.6) is 11.5 Å². The fourth-order valence-corrected chi connectivity index (χ4v) is 7.48. The van der Waals surface area contributed by atoms with E-state index in [0.717, 1.165) is 38.5 Å². The van der Waals surface area contributed by atoms with Gasteiger partial charge in [0.05, 0.1) is 11.3 Å². The van der Waals surface area contributed by atoms with Crippen molar-refractivity contribution in [2.75, 3.05) is 11.9 Å². The summed E-state index contributed by atoms with van der Waals surface area (Å²) in [4.78, 5) is 36.6. The summed E-state index contributed by atoms with van der Waals surface area (Å²) in [5.74, 6) is 0.268. The maximum absolute atomic E-state index is 12.7. The number of phenolic OH excluding ortho intramolecular Hbond substituents is 1. The largest absolute Gasteiger partial charge is 0.508 e. The zero-order chi connectivity index (χ0) is 27.9. The Morgan fingerprint density at radius 3 is 2.67 bits per heavy atom. The molecule has 6 N–H and O–H groups in total. The van der Waals surface area contributed by atoms with E-state index in [-0.39, 0.29) is 41.5 Å². The number of ether oxygens (including phenoxy) is 1. The van der Waals surface area contributed by atoms with E-state index < -0.39 is 17.9 Å². The van der Waals surface area contributed by atoms with E-state index in [1.807, 2.05) is 6.07 Å². The predicted octanol–water partition coefficient (Wildman–Crippen LogP) is 4.48. The number of phenols is 2. The van der Waals surface area contributed by atoms with Gasteiger partial charge in [-0.15, -0.1) is 0 Å². The molecule has 9 heteroatoms. The summed E-state index contributed by atoms with van der Waals surface area (Å²) in [7, 11) is 0. The Balaban J connectivity index is 1.13. The van der Waals surface area contributed by atoms with E-state index in [0.29, 0.717) is 29.1 Å². The van der Waals surface area contributed by atoms with E-state index in [1.54, 1.807) is 19.1 Å². The molecule has 3 aliphatic rings. The molecule has 0 radical (unpaired) electrons. The maximum atomic E-state index is 12.7. The van der Waals surface area contributed by atoms with Gasteiger partial charge in [-0.05, 0) is 98.1 Å². The van der Waals surface area contributed by atoms with Crippen LogP contribution in [0.2, 0.25) is 0 Å². The SMILES string of the molecule is Cc1ccc(NC(=O)CCNC(=O)OC2CCC3C4CCc5cc(O)ccc5C4CCC23C)c(O)c1C(N)=O. The number of hydrogen-bond donors (Lipinski definition) is 5. The Labute approximate surface area is 228 Å². The molecule has 208 valence electrons. The van der Waals surface area contributed by atoms with E-state index in [2.05, 4.69) is 23.6 Å². The summed E-state index contributed by atoms with van der Waals surface area (Å²) < 4.78 is 5.92. The van der Waals surface area contributed by atoms with Crippen LogP contribution in [-0.4, -0.2) is 40.8 Å². The number of fused-ring (bicyclic) bond motifs is 5. The fraction of sp³-hybridized carbons (Fsp3) is 0.500. The number of nitrogens with one attached hydrogen (secondary N) is 2. The highest BCUT2D eigenvalue weighted by Gasteiger charge is 2.56. The monoisotopic (exact) mass is 535 g/mol. The number of carbonyl (C=O) groups excluding carboxylic acids is 3. The summed E-state index contributed by atoms with van der Waals surface area (Å²) in [6.07, 6.45) is 5.20. The molecule has 0 aliphatic heterocycles. The van der Waals surface area contributed by atoms with Crippen LogP contribution in [-0.2, 0) is 16.0 Å². The molecule has 2 saturated carbocycles. The van der Waals surface area contributed by atoms with Crippen molar-refractivity contribution in [2.45, 2.75) is 70.8 Å². The lowest BCUT2D eigenvalue weighted by atomic mass is 9.55. The highest BCUT2D eigenvalue weighted by atomic mass is 16.6. The normalized spacial score (nSPS) is 27.0. The second-order valence-electron chi connectivity index (χ2n) is 11.6. The molecule has 0 saturated heterocycles. The Hall–Kier alpha value is -3.75. The zero-order valence-corrected chi connectivity index (χ0v) is 22.5. The fourth-order valence-electron chi connectivity index (χ4n) is 7.48. The van der Waals surface area contributed by atoms with Crippen LogP contribution in [0.4, 0.5) is 10.5 Å². The molecule has 0 spiro atoms. The van der Waals surface area contributed by atoms with Crippen molar-refractivity contribution in [3.8, 4) is 11.5 Å². The summed E-state index contributed by atoms with van der Waals surface area (Å²) in [6, 6.07) is 8.88. The minimum Gasteiger partial charge on any atom is -0.508 e. The lowest BCUT2D eigenvalue weighted by molar-refractivity contribution is -0.116. The second-order valence-corrected chi connectivity index (χ2v) is 11.6. The highest BCUT2D eigenvalue weighted by Crippen LogP contribution is 2.61. The van der Waals surface area contributed by atoms with Crippen LogP contribution in [0.1, 0.15) is 78.4 Å². The molecule has 39 heavy (non-hydrogen) atoms. The van der Waals surface area contributed by atoms with E-state index in [1.165, 1.54) is 17.2 Å². The molecule has 5 unspecified atom stereocenters. The van der Waals surface area contributed by atoms with Crippen molar-refractivity contribution in [3.05, 3.63) is 52.6 Å². The quantitative estimate of drug-likeness (QED) is 0.344. The van der Waals surface area contributed by atoms with Crippen LogP contribution in [0, 0.1) is 24.2 Å². The first-order valence-electron chi connectivity index (χ1n) is 13.8. The van der Waals surface area contributed by atoms with Crippen LogP contribution in [0.25, 0.3) is 0 Å². The van der Waals surface area contributed by atoms with E-state index >= 15 is 0 Å². The number of primary amides is 1. The minimum absolute atomic E-state index is 0.0302. The van der Waals surface area contributed by atoms with Crippen molar-refractivity contribution in [1.29, 1.82) is 0 Å². The number of amides is 3. The van der Waals surface area contributed by atoms with Crippen LogP contribution in [0.15, 0.2) is 30.3 Å². The van der Waals surface area contributed by atoms with Crippen LogP contribution >= 0.6 is 0 Å². The topological polar surface area (TPSA) is 151 Å². The summed E-state index contributed by atoms with van der Waals surface area (Å²) in [5.41, 5.74) is 8.43. The number of anilines is 1. The number of rotatable bonds is 6. The molecule has 5 atom stereocenters. The first kappa shape index (κ1) is 26.8. The van der Waals surface area contributed by atoms with Crippen LogP contribution < -0.4 is 16.4 Å². The minimum atomic E-state index is -0.782. The molecule has 3 amide bonds. The highest BCUT2D eigenvalue weighted by molar-refractivity contribution is 6.01. The van der Waals surface area contributed by atoms with Gasteiger partial charge < -0.3 is 31.3 Å². The van der Waals surface area contributed by atoms with Crippen molar-refractivity contribution in [2.24, 2.45) is 23.0 Å². The Kier molecular flexibility index (Phi) is 7.18. The molecule has 2 aromatic rings. The molecule has 0 bridgehead atoms. The summed E-state index contributed by atoms with van der Waals surface area (Å²) in [6.45, 7) is 3.97. The number of nitrogens with two attached hydrogens (primary N) is 1. The van der Waals surface area contributed by atoms with Crippen molar-refractivity contribution < 1.29 is 29.3 Å². The Bertz CT molecular complexity index is 1310. The number of benzene rings is 2. The van der Waals surface area contributed by atoms with Gasteiger partial charge in [-0.3, -0.25) is 9.59 Å². The van der Waals surface area contributed by atoms with Gasteiger partial charge in [-0.2, -0.15) is 0 Å². The third kappa shape index (κ3) is 5.02. The number of aryl methyl sites for hydroxylation is 2. The van der Waals surface area contributed by atoms with Gasteiger partial charge in [0.1, 0.15) is 11.9 Å². The average molecular weight is 536 g/mol. The summed E-state index contributed by atoms with van der Waals surface area (Å²) in [5, 5.41) is 25.4. The number of carbonyl (C=O) groups is 3. The summed E-state index contributed by atoms with van der Waals surface area (Å²) >= 11 is 0. The van der Waals surface area contributed by atoms with Gasteiger partial charge in [0.15, 0.2) is 5.75 Å². The molecular weight excluding hydrogens is 498 g/mol. The van der Waals surface area contributed by atoms with Gasteiger partial charge in [0, 0.05) is 18.4 Å². The third-order valence-corrected chi connectivity index (χ3v) is 9.40. The molecule has 2 aromatic carbocycles. The molecule has 0 heterocycles. The van der Waals surface area contributed by atoms with E-state index in [4.69, 9.17) is 10.5 Å². The maximum Gasteiger partial charge on any atom is 0.407 e. The predicted molar refractivity (Wildman–Crippen MR) is 146 cm³/mol. The average Bonchev–Trinajstić information content (AvgIpc) is 3.21. The molecule has 2 fully saturated rings. The molecule has 5 rings (SSSR count). The third-order valence-electron chi connectivity index (χ3n) is 9.40. The lowest BCUT2D eigenvalue weighted by Crippen LogP contribution is -2.46. The van der Waals surface area contributed by atoms with Crippen molar-refractivity contribution in [1.82, 2.24) is 5.32 Å². The molecule has 0 aromatic heterocycles. The second kappa shape index (κ2) is 10.4. The zero-order valence-electron chi connectivity index (χ0n) is 22.5. The lowest BCUT2D eigenvalue weighted by Gasteiger charge is -2.50. The van der Waals surface area contributed by atoms with Gasteiger partial charge in [-0.1, -0.05) is 19.1 Å². The van der Waals surface area contributed by atoms with Gasteiger partial charge in [0.25, 0.3) is 5.91 Å². The number of aromatic hydroxyl groups is 2. The standard InChI is InChI=1S/C30H37N3O6/c1-16-3-9-23(27(36)26(16)28(31)37)33-25(35)12-14-32-29(38)39-24-10-8-22-21-6-4-17-15-18(34)5-7-19(17)20(21)11-13-30(22,24)2/h3,5,7,9,15,20-22,24,34,36H,4,6,8,10-14H2,1-2H3,(H2,31,37)(H,32,38)(H,33,35). The van der Waals surface area contributed by atoms with Gasteiger partial charge in [0.2, 0.25) is 5.91 Å². The first-order chi connectivity index (χ1) is 18.6. The number of alkyl carbamates (subject to hydrolysis) is 1. The molecular formula is C30H37N3O6. The first-order valence-corrected chi connectivity index (χ1v) is 13.8. The van der Waals surface area contributed by atoms with Gasteiger partial charge >= 0.3 is 6.09 Å². The van der Waals surface area contributed by atoms with Crippen molar-refractivity contribution >= 4 is 23.6 Å². The van der Waals surface area contributed by atoms with E-state index in [9.17, 15) is 24.6 Å². The van der Waals surface area contributed by atoms with Crippen molar-refractivity contribution in [3.63, 3.8) is 0 Å². The smallest absolute Gasteiger partial charge is 0.407 e. The Morgan fingerprint density at radius 2 is 1.90 bits per heavy atom.